The average molecular weight is 247 g/mol. The second-order valence-electron chi connectivity index (χ2n) is 5.32. The molecule has 1 aromatic heterocycles. The minimum atomic E-state index is 0.632. The van der Waals surface area contributed by atoms with Gasteiger partial charge >= 0.3 is 0 Å². The molecule has 1 aliphatic heterocycles. The molecule has 18 heavy (non-hydrogen) atoms. The van der Waals surface area contributed by atoms with Gasteiger partial charge in [-0.3, -0.25) is 0 Å². The molecule has 1 aliphatic carbocycles. The maximum atomic E-state index is 5.51. The number of aromatic nitrogens is 2. The first-order valence-corrected chi connectivity index (χ1v) is 7.08. The number of hydrogen-bond acceptors (Lipinski definition) is 4. The van der Waals surface area contributed by atoms with Crippen LogP contribution in [0.5, 0.6) is 0 Å². The molecule has 98 valence electrons. The summed E-state index contributed by atoms with van der Waals surface area (Å²) in [5, 5.41) is 3.51. The van der Waals surface area contributed by atoms with Crippen molar-refractivity contribution in [2.24, 2.45) is 5.92 Å². The van der Waals surface area contributed by atoms with E-state index in [0.29, 0.717) is 5.92 Å². The number of rotatable bonds is 3. The molecule has 1 unspecified atom stereocenters. The van der Waals surface area contributed by atoms with Crippen LogP contribution in [0, 0.1) is 5.92 Å². The third kappa shape index (κ3) is 2.64. The smallest absolute Gasteiger partial charge is 0.132 e. The van der Waals surface area contributed by atoms with Gasteiger partial charge in [-0.15, -0.1) is 0 Å². The van der Waals surface area contributed by atoms with Crippen molar-refractivity contribution in [2.45, 2.75) is 38.5 Å². The molecule has 0 saturated carbocycles. The summed E-state index contributed by atoms with van der Waals surface area (Å²) in [7, 11) is 0. The predicted molar refractivity (Wildman–Crippen MR) is 70.7 cm³/mol. The van der Waals surface area contributed by atoms with E-state index in [1.54, 1.807) is 6.33 Å². The van der Waals surface area contributed by atoms with E-state index >= 15 is 0 Å². The Morgan fingerprint density at radius 3 is 3.06 bits per heavy atom. The van der Waals surface area contributed by atoms with Crippen molar-refractivity contribution in [3.05, 3.63) is 17.6 Å². The summed E-state index contributed by atoms with van der Waals surface area (Å²) in [6.07, 6.45) is 8.92. The summed E-state index contributed by atoms with van der Waals surface area (Å²) in [6, 6.07) is 0. The van der Waals surface area contributed by atoms with Crippen LogP contribution in [0.3, 0.4) is 0 Å². The SMILES string of the molecule is c1nc2c(c(NCC3CCCOC3)n1)CCCC2. The van der Waals surface area contributed by atoms with Crippen LogP contribution in [0.4, 0.5) is 5.82 Å². The van der Waals surface area contributed by atoms with Crippen LogP contribution in [0.25, 0.3) is 0 Å². The fourth-order valence-electron chi connectivity index (χ4n) is 2.88. The third-order valence-corrected chi connectivity index (χ3v) is 3.94. The molecule has 0 aromatic carbocycles. The molecule has 1 aromatic rings. The molecule has 2 heterocycles. The average Bonchev–Trinajstić information content (AvgIpc) is 2.46. The van der Waals surface area contributed by atoms with Gasteiger partial charge in [-0.2, -0.15) is 0 Å². The number of anilines is 1. The van der Waals surface area contributed by atoms with Gasteiger partial charge in [0.25, 0.3) is 0 Å². The van der Waals surface area contributed by atoms with E-state index in [-0.39, 0.29) is 0 Å². The van der Waals surface area contributed by atoms with Gasteiger partial charge < -0.3 is 10.1 Å². The van der Waals surface area contributed by atoms with Gasteiger partial charge in [0.1, 0.15) is 12.1 Å². The highest BCUT2D eigenvalue weighted by Crippen LogP contribution is 2.25. The normalized spacial score (nSPS) is 23.4. The summed E-state index contributed by atoms with van der Waals surface area (Å²) in [5.74, 6) is 1.69. The van der Waals surface area contributed by atoms with Gasteiger partial charge in [0, 0.05) is 24.4 Å². The van der Waals surface area contributed by atoms with E-state index in [9.17, 15) is 0 Å². The molecule has 0 spiro atoms. The monoisotopic (exact) mass is 247 g/mol. The topological polar surface area (TPSA) is 47.0 Å². The molecule has 1 atom stereocenters. The summed E-state index contributed by atoms with van der Waals surface area (Å²) >= 11 is 0. The van der Waals surface area contributed by atoms with Crippen molar-refractivity contribution in [1.29, 1.82) is 0 Å². The van der Waals surface area contributed by atoms with Crippen molar-refractivity contribution in [1.82, 2.24) is 9.97 Å². The number of aryl methyl sites for hydroxylation is 1. The van der Waals surface area contributed by atoms with Crippen molar-refractivity contribution in [3.63, 3.8) is 0 Å². The summed E-state index contributed by atoms with van der Waals surface area (Å²) < 4.78 is 5.51. The maximum absolute atomic E-state index is 5.51. The number of nitrogens with one attached hydrogen (secondary N) is 1. The van der Waals surface area contributed by atoms with Crippen LogP contribution in [0.1, 0.15) is 36.9 Å². The lowest BCUT2D eigenvalue weighted by atomic mass is 9.96. The second kappa shape index (κ2) is 5.65. The highest BCUT2D eigenvalue weighted by molar-refractivity contribution is 5.46. The Bertz CT molecular complexity index is 402. The fourth-order valence-corrected chi connectivity index (χ4v) is 2.88. The number of hydrogen-bond donors (Lipinski definition) is 1. The number of fused-ring (bicyclic) bond motifs is 1. The molecule has 0 radical (unpaired) electrons. The van der Waals surface area contributed by atoms with Crippen molar-refractivity contribution >= 4 is 5.82 Å². The molecule has 1 saturated heterocycles. The quantitative estimate of drug-likeness (QED) is 0.889. The van der Waals surface area contributed by atoms with Gasteiger partial charge in [0.2, 0.25) is 0 Å². The molecule has 4 nitrogen and oxygen atoms in total. The molecule has 0 bridgehead atoms. The largest absolute Gasteiger partial charge is 0.381 e. The van der Waals surface area contributed by atoms with E-state index in [2.05, 4.69) is 15.3 Å². The zero-order valence-electron chi connectivity index (χ0n) is 10.8. The van der Waals surface area contributed by atoms with Crippen LogP contribution in [0.15, 0.2) is 6.33 Å². The Labute approximate surface area is 108 Å². The lowest BCUT2D eigenvalue weighted by Crippen LogP contribution is -2.25. The Kier molecular flexibility index (Phi) is 3.74. The van der Waals surface area contributed by atoms with E-state index in [1.165, 1.54) is 36.9 Å². The summed E-state index contributed by atoms with van der Waals surface area (Å²) in [6.45, 7) is 2.79. The lowest BCUT2D eigenvalue weighted by Gasteiger charge is -2.24. The first kappa shape index (κ1) is 11.9. The summed E-state index contributed by atoms with van der Waals surface area (Å²) in [5.41, 5.74) is 2.60. The zero-order chi connectivity index (χ0) is 12.2. The lowest BCUT2D eigenvalue weighted by molar-refractivity contribution is 0.0594. The van der Waals surface area contributed by atoms with Crippen molar-refractivity contribution in [3.8, 4) is 0 Å². The van der Waals surface area contributed by atoms with E-state index in [0.717, 1.165) is 38.4 Å². The van der Waals surface area contributed by atoms with Crippen LogP contribution in [0.2, 0.25) is 0 Å². The Hall–Kier alpha value is -1.16. The molecular formula is C14H21N3O. The number of ether oxygens (including phenoxy) is 1. The fraction of sp³-hybridized carbons (Fsp3) is 0.714. The minimum Gasteiger partial charge on any atom is -0.381 e. The second-order valence-corrected chi connectivity index (χ2v) is 5.32. The molecule has 1 N–H and O–H groups in total. The zero-order valence-corrected chi connectivity index (χ0v) is 10.8. The highest BCUT2D eigenvalue weighted by atomic mass is 16.5. The standard InChI is InChI=1S/C14H21N3O/c1-2-6-13-12(5-1)14(17-10-16-13)15-8-11-4-3-7-18-9-11/h10-11H,1-9H2,(H,15,16,17). The van der Waals surface area contributed by atoms with E-state index in [4.69, 9.17) is 4.74 Å². The van der Waals surface area contributed by atoms with Gasteiger partial charge in [0.05, 0.1) is 6.61 Å². The molecule has 3 rings (SSSR count). The van der Waals surface area contributed by atoms with E-state index < -0.39 is 0 Å². The molecule has 1 fully saturated rings. The Balaban J connectivity index is 1.65. The predicted octanol–water partition coefficient (Wildman–Crippen LogP) is 2.19. The van der Waals surface area contributed by atoms with Crippen molar-refractivity contribution < 1.29 is 4.74 Å². The van der Waals surface area contributed by atoms with Gasteiger partial charge in [0.15, 0.2) is 0 Å². The Morgan fingerprint density at radius 2 is 2.17 bits per heavy atom. The molecule has 0 amide bonds. The first-order chi connectivity index (χ1) is 8.93. The summed E-state index contributed by atoms with van der Waals surface area (Å²) in [4.78, 5) is 8.81. The first-order valence-electron chi connectivity index (χ1n) is 7.08. The Morgan fingerprint density at radius 1 is 1.22 bits per heavy atom. The van der Waals surface area contributed by atoms with Crippen LogP contribution in [-0.4, -0.2) is 29.7 Å². The highest BCUT2D eigenvalue weighted by Gasteiger charge is 2.17. The molecule has 2 aliphatic rings. The molecule has 4 heteroatoms. The van der Waals surface area contributed by atoms with Crippen LogP contribution >= 0.6 is 0 Å². The van der Waals surface area contributed by atoms with Crippen LogP contribution in [-0.2, 0) is 17.6 Å². The minimum absolute atomic E-state index is 0.632. The number of nitrogens with zero attached hydrogens (tertiary/aromatic N) is 2. The van der Waals surface area contributed by atoms with Gasteiger partial charge in [-0.1, -0.05) is 0 Å². The third-order valence-electron chi connectivity index (χ3n) is 3.94. The van der Waals surface area contributed by atoms with E-state index in [1.807, 2.05) is 0 Å². The van der Waals surface area contributed by atoms with Gasteiger partial charge in [-0.05, 0) is 44.4 Å². The van der Waals surface area contributed by atoms with Crippen LogP contribution < -0.4 is 5.32 Å². The maximum Gasteiger partial charge on any atom is 0.132 e. The van der Waals surface area contributed by atoms with Gasteiger partial charge in [-0.25, -0.2) is 9.97 Å². The van der Waals surface area contributed by atoms with Crippen molar-refractivity contribution in [2.75, 3.05) is 25.1 Å². The molecular weight excluding hydrogens is 226 g/mol.